The SMILES string of the molecule is C=CC(=O)Nc1cccc(Oc2cnc3[nH]cc(-c4c[nH]c5ccc(F)cc45)c3n2)c1. The van der Waals surface area contributed by atoms with E-state index in [4.69, 9.17) is 4.74 Å². The topological polar surface area (TPSA) is 95.7 Å². The number of aromatic amines is 2. The quantitative estimate of drug-likeness (QED) is 0.347. The number of benzene rings is 2. The van der Waals surface area contributed by atoms with Crippen LogP contribution in [-0.2, 0) is 4.79 Å². The molecule has 152 valence electrons. The van der Waals surface area contributed by atoms with Crippen LogP contribution in [0.4, 0.5) is 10.1 Å². The predicted octanol–water partition coefficient (Wildman–Crippen LogP) is 5.16. The molecule has 0 aliphatic carbocycles. The molecule has 31 heavy (non-hydrogen) atoms. The molecule has 5 rings (SSSR count). The molecule has 0 aliphatic heterocycles. The lowest BCUT2D eigenvalue weighted by Gasteiger charge is -2.07. The summed E-state index contributed by atoms with van der Waals surface area (Å²) in [6.45, 7) is 3.44. The minimum Gasteiger partial charge on any atom is -0.437 e. The number of hydrogen-bond donors (Lipinski definition) is 3. The maximum Gasteiger partial charge on any atom is 0.247 e. The second-order valence-corrected chi connectivity index (χ2v) is 6.82. The number of ether oxygens (including phenoxy) is 1. The van der Waals surface area contributed by atoms with Crippen LogP contribution in [0.5, 0.6) is 11.6 Å². The minimum absolute atomic E-state index is 0.284. The van der Waals surface area contributed by atoms with Gasteiger partial charge in [0.1, 0.15) is 17.1 Å². The van der Waals surface area contributed by atoms with Gasteiger partial charge in [0.05, 0.1) is 6.20 Å². The van der Waals surface area contributed by atoms with Crippen molar-refractivity contribution in [3.05, 3.63) is 79.5 Å². The van der Waals surface area contributed by atoms with E-state index < -0.39 is 0 Å². The van der Waals surface area contributed by atoms with Gasteiger partial charge in [-0.05, 0) is 36.4 Å². The lowest BCUT2D eigenvalue weighted by atomic mass is 10.1. The van der Waals surface area contributed by atoms with E-state index in [-0.39, 0.29) is 17.6 Å². The number of nitrogens with zero attached hydrogens (tertiary/aromatic N) is 2. The van der Waals surface area contributed by atoms with Crippen molar-refractivity contribution in [2.45, 2.75) is 0 Å². The molecule has 5 aromatic rings. The Hall–Kier alpha value is -4.46. The van der Waals surface area contributed by atoms with Crippen LogP contribution in [0.2, 0.25) is 0 Å². The second kappa shape index (κ2) is 7.42. The molecule has 3 aromatic heterocycles. The van der Waals surface area contributed by atoms with E-state index in [2.05, 4.69) is 31.8 Å². The highest BCUT2D eigenvalue weighted by molar-refractivity contribution is 6.02. The molecule has 1 amide bonds. The number of fused-ring (bicyclic) bond motifs is 2. The number of carbonyl (C=O) groups is 1. The Labute approximate surface area is 175 Å². The van der Waals surface area contributed by atoms with E-state index in [0.29, 0.717) is 22.6 Å². The molecule has 0 saturated heterocycles. The first-order valence-corrected chi connectivity index (χ1v) is 9.43. The van der Waals surface area contributed by atoms with Crippen LogP contribution in [0, 0.1) is 5.82 Å². The first-order chi connectivity index (χ1) is 15.1. The molecule has 0 fully saturated rings. The zero-order valence-corrected chi connectivity index (χ0v) is 16.1. The van der Waals surface area contributed by atoms with Crippen LogP contribution in [-0.4, -0.2) is 25.8 Å². The first kappa shape index (κ1) is 18.6. The van der Waals surface area contributed by atoms with Gasteiger partial charge in [-0.2, -0.15) is 0 Å². The van der Waals surface area contributed by atoms with Crippen LogP contribution in [0.3, 0.4) is 0 Å². The Kier molecular flexibility index (Phi) is 4.44. The van der Waals surface area contributed by atoms with Crippen LogP contribution < -0.4 is 10.1 Å². The van der Waals surface area contributed by atoms with Crippen molar-refractivity contribution in [2.24, 2.45) is 0 Å². The molecule has 0 aliphatic rings. The summed E-state index contributed by atoms with van der Waals surface area (Å²) >= 11 is 0. The van der Waals surface area contributed by atoms with Crippen molar-refractivity contribution < 1.29 is 13.9 Å². The number of H-pyrrole nitrogens is 2. The summed E-state index contributed by atoms with van der Waals surface area (Å²) in [7, 11) is 0. The summed E-state index contributed by atoms with van der Waals surface area (Å²) in [5, 5.41) is 3.43. The molecule has 3 heterocycles. The van der Waals surface area contributed by atoms with Gasteiger partial charge in [0.25, 0.3) is 0 Å². The van der Waals surface area contributed by atoms with Gasteiger partial charge in [-0.15, -0.1) is 0 Å². The summed E-state index contributed by atoms with van der Waals surface area (Å²) in [6.07, 6.45) is 6.30. The van der Waals surface area contributed by atoms with Crippen molar-refractivity contribution in [1.82, 2.24) is 19.9 Å². The van der Waals surface area contributed by atoms with Crippen molar-refractivity contribution in [3.63, 3.8) is 0 Å². The fraction of sp³-hybridized carbons (Fsp3) is 0. The zero-order chi connectivity index (χ0) is 21.4. The Balaban J connectivity index is 1.51. The van der Waals surface area contributed by atoms with Crippen LogP contribution in [0.15, 0.2) is 73.7 Å². The lowest BCUT2D eigenvalue weighted by molar-refractivity contribution is -0.111. The molecule has 0 spiro atoms. The highest BCUT2D eigenvalue weighted by Crippen LogP contribution is 2.34. The number of aromatic nitrogens is 4. The highest BCUT2D eigenvalue weighted by atomic mass is 19.1. The number of nitrogens with one attached hydrogen (secondary N) is 3. The highest BCUT2D eigenvalue weighted by Gasteiger charge is 2.15. The Morgan fingerprint density at radius 3 is 2.87 bits per heavy atom. The molecule has 7 nitrogen and oxygen atoms in total. The van der Waals surface area contributed by atoms with Gasteiger partial charge < -0.3 is 20.0 Å². The second-order valence-electron chi connectivity index (χ2n) is 6.82. The maximum atomic E-state index is 13.8. The Morgan fingerprint density at radius 2 is 2.00 bits per heavy atom. The molecule has 0 atom stereocenters. The number of carbonyl (C=O) groups excluding carboxylic acids is 1. The number of amides is 1. The first-order valence-electron chi connectivity index (χ1n) is 9.43. The normalized spacial score (nSPS) is 11.0. The van der Waals surface area contributed by atoms with E-state index in [1.54, 1.807) is 36.5 Å². The zero-order valence-electron chi connectivity index (χ0n) is 16.1. The Bertz CT molecular complexity index is 1450. The molecule has 8 heteroatoms. The van der Waals surface area contributed by atoms with E-state index >= 15 is 0 Å². The minimum atomic E-state index is -0.314. The smallest absolute Gasteiger partial charge is 0.247 e. The van der Waals surface area contributed by atoms with Crippen LogP contribution in [0.1, 0.15) is 0 Å². The van der Waals surface area contributed by atoms with Gasteiger partial charge in [-0.25, -0.2) is 14.4 Å². The lowest BCUT2D eigenvalue weighted by Crippen LogP contribution is -2.07. The number of hydrogen-bond acceptors (Lipinski definition) is 4. The van der Waals surface area contributed by atoms with Gasteiger partial charge in [-0.1, -0.05) is 12.6 Å². The standard InChI is InChI=1S/C23H16FN5O2/c1-2-20(30)28-14-4-3-5-15(9-14)31-21-12-27-23-22(29-21)18(11-26-23)17-10-25-19-7-6-13(24)8-16(17)19/h2-12,25H,1H2,(H,26,27)(H,28,30). The summed E-state index contributed by atoms with van der Waals surface area (Å²) in [6, 6.07) is 11.5. The van der Waals surface area contributed by atoms with Gasteiger partial charge in [0, 0.05) is 46.2 Å². The molecule has 0 bridgehead atoms. The molecule has 0 saturated carbocycles. The van der Waals surface area contributed by atoms with Crippen LogP contribution >= 0.6 is 0 Å². The van der Waals surface area contributed by atoms with Crippen LogP contribution in [0.25, 0.3) is 33.2 Å². The maximum absolute atomic E-state index is 13.8. The largest absolute Gasteiger partial charge is 0.437 e. The van der Waals surface area contributed by atoms with Crippen molar-refractivity contribution in [1.29, 1.82) is 0 Å². The van der Waals surface area contributed by atoms with Gasteiger partial charge in [0.2, 0.25) is 11.8 Å². The predicted molar refractivity (Wildman–Crippen MR) is 116 cm³/mol. The molecule has 0 unspecified atom stereocenters. The molecular formula is C23H16FN5O2. The van der Waals surface area contributed by atoms with E-state index in [1.807, 2.05) is 6.20 Å². The number of rotatable bonds is 5. The van der Waals surface area contributed by atoms with E-state index in [1.165, 1.54) is 24.4 Å². The molecule has 3 N–H and O–H groups in total. The van der Waals surface area contributed by atoms with Gasteiger partial charge in [-0.3, -0.25) is 4.79 Å². The average Bonchev–Trinajstić information content (AvgIpc) is 3.37. The van der Waals surface area contributed by atoms with Gasteiger partial charge >= 0.3 is 0 Å². The summed E-state index contributed by atoms with van der Waals surface area (Å²) in [4.78, 5) is 26.7. The van der Waals surface area contributed by atoms with Crippen molar-refractivity contribution in [2.75, 3.05) is 5.32 Å². The van der Waals surface area contributed by atoms with Gasteiger partial charge in [0.15, 0.2) is 5.65 Å². The molecule has 0 radical (unpaired) electrons. The Morgan fingerprint density at radius 1 is 1.13 bits per heavy atom. The van der Waals surface area contributed by atoms with Crippen molar-refractivity contribution >= 4 is 33.7 Å². The average molecular weight is 413 g/mol. The third-order valence-corrected chi connectivity index (χ3v) is 4.80. The summed E-state index contributed by atoms with van der Waals surface area (Å²) in [5.74, 6) is 0.144. The fourth-order valence-corrected chi connectivity index (χ4v) is 3.40. The molecule has 2 aromatic carbocycles. The third-order valence-electron chi connectivity index (χ3n) is 4.80. The van der Waals surface area contributed by atoms with E-state index in [9.17, 15) is 9.18 Å². The fourth-order valence-electron chi connectivity index (χ4n) is 3.40. The summed E-state index contributed by atoms with van der Waals surface area (Å²) < 4.78 is 19.6. The van der Waals surface area contributed by atoms with E-state index in [0.717, 1.165) is 22.0 Å². The van der Waals surface area contributed by atoms with Crippen molar-refractivity contribution in [3.8, 4) is 22.8 Å². The number of anilines is 1. The number of halogens is 1. The molecular weight excluding hydrogens is 397 g/mol. The monoisotopic (exact) mass is 413 g/mol. The third kappa shape index (κ3) is 3.51. The summed E-state index contributed by atoms with van der Waals surface area (Å²) in [5.41, 5.74) is 4.15.